The van der Waals surface area contributed by atoms with Gasteiger partial charge in [-0.1, -0.05) is 59.6 Å². The maximum absolute atomic E-state index is 12.7. The smallest absolute Gasteiger partial charge is 0.271 e. The maximum atomic E-state index is 12.7. The quantitative estimate of drug-likeness (QED) is 0.101. The molecule has 1 N–H and O–H groups in total. The van der Waals surface area contributed by atoms with Crippen LogP contribution in [0, 0.1) is 10.5 Å². The average molecular weight is 680 g/mol. The third-order valence-corrected chi connectivity index (χ3v) is 7.83. The van der Waals surface area contributed by atoms with E-state index in [0.717, 1.165) is 43.1 Å². The van der Waals surface area contributed by atoms with Gasteiger partial charge in [0.1, 0.15) is 12.4 Å². The van der Waals surface area contributed by atoms with Crippen LogP contribution in [0.25, 0.3) is 16.9 Å². The summed E-state index contributed by atoms with van der Waals surface area (Å²) in [5.74, 6) is 0.452. The highest BCUT2D eigenvalue weighted by atomic mass is 127. The van der Waals surface area contributed by atoms with Crippen molar-refractivity contribution < 1.29 is 9.53 Å². The number of carbonyl (C=O) groups is 1. The Balaban J connectivity index is 1.20. The SMILES string of the molecule is Cc1ccc(-c2ccccc2)n1-c1ccc(C(=O)N/N=C/c2ccc(OCc3ccc(Cl)c(Cl)c3)c(I)c2)cc1. The van der Waals surface area contributed by atoms with Crippen LogP contribution in [0.2, 0.25) is 10.0 Å². The zero-order valence-corrected chi connectivity index (χ0v) is 25.1. The fourth-order valence-corrected chi connectivity index (χ4v) is 5.23. The van der Waals surface area contributed by atoms with E-state index in [0.29, 0.717) is 22.2 Å². The molecule has 0 unspecified atom stereocenters. The molecule has 1 amide bonds. The van der Waals surface area contributed by atoms with Gasteiger partial charge in [-0.3, -0.25) is 4.79 Å². The van der Waals surface area contributed by atoms with E-state index in [2.05, 4.69) is 68.9 Å². The molecule has 40 heavy (non-hydrogen) atoms. The number of aryl methyl sites for hydroxylation is 1. The Bertz CT molecular complexity index is 1680. The summed E-state index contributed by atoms with van der Waals surface area (Å²) in [7, 11) is 0. The number of carbonyl (C=O) groups excluding carboxylic acids is 1. The van der Waals surface area contributed by atoms with Gasteiger partial charge < -0.3 is 9.30 Å². The number of hydrazone groups is 1. The van der Waals surface area contributed by atoms with E-state index in [1.54, 1.807) is 30.5 Å². The molecule has 5 aromatic rings. The van der Waals surface area contributed by atoms with E-state index in [1.165, 1.54) is 0 Å². The van der Waals surface area contributed by atoms with Crippen molar-refractivity contribution in [2.24, 2.45) is 5.10 Å². The molecule has 200 valence electrons. The highest BCUT2D eigenvalue weighted by molar-refractivity contribution is 14.1. The molecule has 0 saturated heterocycles. The number of nitrogens with zero attached hydrogens (tertiary/aromatic N) is 2. The van der Waals surface area contributed by atoms with Crippen molar-refractivity contribution in [3.63, 3.8) is 0 Å². The topological polar surface area (TPSA) is 55.6 Å². The highest BCUT2D eigenvalue weighted by Gasteiger charge is 2.11. The van der Waals surface area contributed by atoms with Crippen molar-refractivity contribution in [3.05, 3.63) is 139 Å². The highest BCUT2D eigenvalue weighted by Crippen LogP contribution is 2.27. The van der Waals surface area contributed by atoms with Gasteiger partial charge in [-0.25, -0.2) is 5.43 Å². The molecular formula is C32H24Cl2IN3O2. The lowest BCUT2D eigenvalue weighted by atomic mass is 10.1. The summed E-state index contributed by atoms with van der Waals surface area (Å²) in [6, 6.07) is 33.0. The summed E-state index contributed by atoms with van der Waals surface area (Å²) in [6.07, 6.45) is 1.60. The molecule has 0 bridgehead atoms. The second-order valence-corrected chi connectivity index (χ2v) is 11.0. The van der Waals surface area contributed by atoms with Crippen molar-refractivity contribution in [3.8, 4) is 22.7 Å². The molecule has 0 fully saturated rings. The second kappa shape index (κ2) is 12.7. The van der Waals surface area contributed by atoms with Crippen LogP contribution in [0.5, 0.6) is 5.75 Å². The van der Waals surface area contributed by atoms with Crippen molar-refractivity contribution >= 4 is 57.9 Å². The van der Waals surface area contributed by atoms with E-state index in [1.807, 2.05) is 54.6 Å². The second-order valence-electron chi connectivity index (χ2n) is 9.03. The number of hydrogen-bond acceptors (Lipinski definition) is 3. The Labute approximate surface area is 256 Å². The lowest BCUT2D eigenvalue weighted by Crippen LogP contribution is -2.17. The molecule has 5 rings (SSSR count). The van der Waals surface area contributed by atoms with Crippen LogP contribution in [0.1, 0.15) is 27.2 Å². The molecule has 5 nitrogen and oxygen atoms in total. The Morgan fingerprint density at radius 3 is 2.42 bits per heavy atom. The zero-order valence-electron chi connectivity index (χ0n) is 21.4. The summed E-state index contributed by atoms with van der Waals surface area (Å²) in [5.41, 5.74) is 9.21. The molecule has 1 aromatic heterocycles. The van der Waals surface area contributed by atoms with Gasteiger partial charge >= 0.3 is 0 Å². The van der Waals surface area contributed by atoms with Gasteiger partial charge in [0.05, 0.1) is 25.5 Å². The molecule has 0 aliphatic rings. The van der Waals surface area contributed by atoms with Crippen LogP contribution >= 0.6 is 45.8 Å². The summed E-state index contributed by atoms with van der Waals surface area (Å²) in [4.78, 5) is 12.7. The predicted molar refractivity (Wildman–Crippen MR) is 171 cm³/mol. The first-order chi connectivity index (χ1) is 19.4. The number of rotatable bonds is 8. The Morgan fingerprint density at radius 1 is 0.925 bits per heavy atom. The van der Waals surface area contributed by atoms with E-state index in [4.69, 9.17) is 27.9 Å². The number of ether oxygens (including phenoxy) is 1. The minimum atomic E-state index is -0.286. The molecule has 0 atom stereocenters. The first-order valence-electron chi connectivity index (χ1n) is 12.4. The van der Waals surface area contributed by atoms with E-state index in [-0.39, 0.29) is 5.91 Å². The zero-order chi connectivity index (χ0) is 28.1. The van der Waals surface area contributed by atoms with Gasteiger partial charge in [-0.15, -0.1) is 0 Å². The normalized spacial score (nSPS) is 11.1. The molecule has 0 saturated carbocycles. The van der Waals surface area contributed by atoms with Crippen molar-refractivity contribution in [1.82, 2.24) is 9.99 Å². The molecule has 1 heterocycles. The minimum absolute atomic E-state index is 0.286. The van der Waals surface area contributed by atoms with Crippen LogP contribution in [0.3, 0.4) is 0 Å². The molecule has 8 heteroatoms. The largest absolute Gasteiger partial charge is 0.488 e. The fraction of sp³-hybridized carbons (Fsp3) is 0.0625. The molecule has 0 spiro atoms. The number of aromatic nitrogens is 1. The number of nitrogens with one attached hydrogen (secondary N) is 1. The number of amides is 1. The van der Waals surface area contributed by atoms with Gasteiger partial charge in [0.25, 0.3) is 5.91 Å². The summed E-state index contributed by atoms with van der Waals surface area (Å²) in [5, 5.41) is 5.15. The van der Waals surface area contributed by atoms with Gasteiger partial charge in [0.2, 0.25) is 0 Å². The van der Waals surface area contributed by atoms with Gasteiger partial charge in [-0.05, 0) is 113 Å². The first-order valence-corrected chi connectivity index (χ1v) is 14.3. The van der Waals surface area contributed by atoms with Gasteiger partial charge in [0, 0.05) is 16.9 Å². The fourth-order valence-electron chi connectivity index (χ4n) is 4.21. The van der Waals surface area contributed by atoms with Crippen molar-refractivity contribution in [2.45, 2.75) is 13.5 Å². The van der Waals surface area contributed by atoms with Crippen LogP contribution in [0.15, 0.2) is 108 Å². The van der Waals surface area contributed by atoms with Crippen LogP contribution in [-0.2, 0) is 6.61 Å². The first kappa shape index (κ1) is 28.0. The lowest BCUT2D eigenvalue weighted by Gasteiger charge is -2.12. The molecule has 0 radical (unpaired) electrons. The molecule has 4 aromatic carbocycles. The molecule has 0 aliphatic carbocycles. The Morgan fingerprint density at radius 2 is 1.70 bits per heavy atom. The predicted octanol–water partition coefficient (Wildman–Crippen LogP) is 8.71. The standard InChI is InChI=1S/C32H24Cl2IN3O2/c1-21-7-15-30(24-5-3-2-4-6-24)38(21)26-12-10-25(11-13-26)32(39)37-36-19-22-9-16-31(29(35)18-22)40-20-23-8-14-27(33)28(34)17-23/h2-19H,20H2,1H3,(H,37,39)/b36-19+. The van der Waals surface area contributed by atoms with E-state index < -0.39 is 0 Å². The number of benzene rings is 4. The third-order valence-electron chi connectivity index (χ3n) is 6.25. The van der Waals surface area contributed by atoms with Crippen molar-refractivity contribution in [2.75, 3.05) is 0 Å². The Hall–Kier alpha value is -3.59. The van der Waals surface area contributed by atoms with Crippen LogP contribution < -0.4 is 10.2 Å². The minimum Gasteiger partial charge on any atom is -0.488 e. The third kappa shape index (κ3) is 6.58. The summed E-state index contributed by atoms with van der Waals surface area (Å²) in [6.45, 7) is 2.43. The van der Waals surface area contributed by atoms with Crippen LogP contribution in [0.4, 0.5) is 0 Å². The van der Waals surface area contributed by atoms with Crippen LogP contribution in [-0.4, -0.2) is 16.7 Å². The van der Waals surface area contributed by atoms with Gasteiger partial charge in [0.15, 0.2) is 0 Å². The maximum Gasteiger partial charge on any atom is 0.271 e. The molecule has 0 aliphatic heterocycles. The lowest BCUT2D eigenvalue weighted by molar-refractivity contribution is 0.0955. The summed E-state index contributed by atoms with van der Waals surface area (Å²) >= 11 is 14.3. The van der Waals surface area contributed by atoms with Crippen molar-refractivity contribution in [1.29, 1.82) is 0 Å². The number of hydrogen-bond donors (Lipinski definition) is 1. The monoisotopic (exact) mass is 679 g/mol. The Kier molecular flexibility index (Phi) is 8.89. The molecular weight excluding hydrogens is 656 g/mol. The average Bonchev–Trinajstić information content (AvgIpc) is 3.36. The number of halogens is 3. The van der Waals surface area contributed by atoms with Gasteiger partial charge in [-0.2, -0.15) is 5.10 Å². The summed E-state index contributed by atoms with van der Waals surface area (Å²) < 4.78 is 9.02. The van der Waals surface area contributed by atoms with E-state index in [9.17, 15) is 4.79 Å². The van der Waals surface area contributed by atoms with E-state index >= 15 is 0 Å².